The van der Waals surface area contributed by atoms with Gasteiger partial charge in [0.1, 0.15) is 0 Å². The zero-order valence-electron chi connectivity index (χ0n) is 11.0. The van der Waals surface area contributed by atoms with Crippen molar-refractivity contribution < 1.29 is 14.3 Å². The minimum atomic E-state index is -0.138. The number of ether oxygens (including phenoxy) is 2. The molecule has 104 valence electrons. The van der Waals surface area contributed by atoms with Crippen molar-refractivity contribution in [2.45, 2.75) is 13.8 Å². The minimum Gasteiger partial charge on any atom is -0.454 e. The standard InChI is InChI=1S/C13H17ClN2O3/c1-3-15-6-8(2)13(17)16-10-5-12-11(4-9(10)14)18-7-19-12/h4-5,8,15H,3,6-7H2,1-2H3,(H,16,17). The maximum atomic E-state index is 12.0. The molecule has 1 atom stereocenters. The molecule has 1 aromatic rings. The number of hydrogen-bond donors (Lipinski definition) is 2. The van der Waals surface area contributed by atoms with Gasteiger partial charge in [0.05, 0.1) is 10.7 Å². The van der Waals surface area contributed by atoms with Crippen LogP contribution in [0.5, 0.6) is 11.5 Å². The maximum absolute atomic E-state index is 12.0. The fourth-order valence-electron chi connectivity index (χ4n) is 1.72. The fourth-order valence-corrected chi connectivity index (χ4v) is 1.92. The van der Waals surface area contributed by atoms with Crippen molar-refractivity contribution in [3.05, 3.63) is 17.2 Å². The van der Waals surface area contributed by atoms with E-state index >= 15 is 0 Å². The van der Waals surface area contributed by atoms with E-state index in [9.17, 15) is 4.79 Å². The molecule has 6 heteroatoms. The van der Waals surface area contributed by atoms with Crippen molar-refractivity contribution >= 4 is 23.2 Å². The van der Waals surface area contributed by atoms with Crippen LogP contribution in [0.4, 0.5) is 5.69 Å². The predicted octanol–water partition coefficient (Wildman–Crippen LogP) is 2.25. The monoisotopic (exact) mass is 284 g/mol. The highest BCUT2D eigenvalue weighted by atomic mass is 35.5. The van der Waals surface area contributed by atoms with Gasteiger partial charge in [0.2, 0.25) is 12.7 Å². The molecule has 1 aromatic carbocycles. The molecule has 0 fully saturated rings. The van der Waals surface area contributed by atoms with E-state index in [4.69, 9.17) is 21.1 Å². The number of carbonyl (C=O) groups excluding carboxylic acids is 1. The Labute approximate surface area is 117 Å². The molecule has 0 spiro atoms. The Morgan fingerprint density at radius 1 is 1.42 bits per heavy atom. The SMILES string of the molecule is CCNCC(C)C(=O)Nc1cc2c(cc1Cl)OCO2. The number of amides is 1. The van der Waals surface area contributed by atoms with E-state index in [0.717, 1.165) is 6.54 Å². The fraction of sp³-hybridized carbons (Fsp3) is 0.462. The third-order valence-electron chi connectivity index (χ3n) is 2.87. The molecule has 2 rings (SSSR count). The first kappa shape index (κ1) is 14.0. The van der Waals surface area contributed by atoms with Crippen molar-refractivity contribution in [1.29, 1.82) is 0 Å². The summed E-state index contributed by atoms with van der Waals surface area (Å²) < 4.78 is 10.5. The highest BCUT2D eigenvalue weighted by Gasteiger charge is 2.19. The van der Waals surface area contributed by atoms with Crippen LogP contribution in [0.25, 0.3) is 0 Å². The molecule has 0 radical (unpaired) electrons. The van der Waals surface area contributed by atoms with Crippen LogP contribution in [0.15, 0.2) is 12.1 Å². The summed E-state index contributed by atoms with van der Waals surface area (Å²) in [7, 11) is 0. The molecule has 0 bridgehead atoms. The van der Waals surface area contributed by atoms with Gasteiger partial charge in [-0.05, 0) is 6.54 Å². The Morgan fingerprint density at radius 2 is 2.11 bits per heavy atom. The number of carbonyl (C=O) groups is 1. The summed E-state index contributed by atoms with van der Waals surface area (Å²) in [5.41, 5.74) is 0.541. The van der Waals surface area contributed by atoms with Crippen LogP contribution in [0.1, 0.15) is 13.8 Å². The van der Waals surface area contributed by atoms with Gasteiger partial charge >= 0.3 is 0 Å². The molecule has 1 aliphatic rings. The Hall–Kier alpha value is -1.46. The molecule has 2 N–H and O–H groups in total. The van der Waals surface area contributed by atoms with Crippen molar-refractivity contribution in [2.24, 2.45) is 5.92 Å². The van der Waals surface area contributed by atoms with Gasteiger partial charge in [0, 0.05) is 24.6 Å². The molecule has 1 unspecified atom stereocenters. The quantitative estimate of drug-likeness (QED) is 0.871. The molecule has 1 amide bonds. The van der Waals surface area contributed by atoms with Gasteiger partial charge in [-0.2, -0.15) is 0 Å². The lowest BCUT2D eigenvalue weighted by Crippen LogP contribution is -2.30. The minimum absolute atomic E-state index is 0.0817. The molecular formula is C13H17ClN2O3. The summed E-state index contributed by atoms with van der Waals surface area (Å²) in [6, 6.07) is 3.33. The second-order valence-corrected chi connectivity index (χ2v) is 4.79. The van der Waals surface area contributed by atoms with Crippen LogP contribution in [0, 0.1) is 5.92 Å². The molecular weight excluding hydrogens is 268 g/mol. The van der Waals surface area contributed by atoms with E-state index < -0.39 is 0 Å². The Kier molecular flexibility index (Phi) is 4.50. The predicted molar refractivity (Wildman–Crippen MR) is 73.9 cm³/mol. The third-order valence-corrected chi connectivity index (χ3v) is 3.18. The number of anilines is 1. The lowest BCUT2D eigenvalue weighted by atomic mass is 10.1. The molecule has 0 saturated carbocycles. The zero-order valence-corrected chi connectivity index (χ0v) is 11.7. The van der Waals surface area contributed by atoms with Gasteiger partial charge in [0.15, 0.2) is 11.5 Å². The highest BCUT2D eigenvalue weighted by Crippen LogP contribution is 2.39. The van der Waals surface area contributed by atoms with Crippen LogP contribution in [0.2, 0.25) is 5.02 Å². The number of hydrogen-bond acceptors (Lipinski definition) is 4. The number of rotatable bonds is 5. The molecule has 1 aliphatic heterocycles. The third kappa shape index (κ3) is 3.30. The Bertz CT molecular complexity index is 479. The molecule has 0 aliphatic carbocycles. The first-order chi connectivity index (χ1) is 9.11. The average Bonchev–Trinajstić information content (AvgIpc) is 2.83. The summed E-state index contributed by atoms with van der Waals surface area (Å²) in [5.74, 6) is 0.978. The Balaban J connectivity index is 2.04. The normalized spacial score (nSPS) is 14.3. The van der Waals surface area contributed by atoms with Crippen molar-refractivity contribution in [1.82, 2.24) is 5.32 Å². The number of halogens is 1. The summed E-state index contributed by atoms with van der Waals surface area (Å²) in [6.45, 7) is 5.50. The van der Waals surface area contributed by atoms with Gasteiger partial charge in [-0.3, -0.25) is 4.79 Å². The first-order valence-corrected chi connectivity index (χ1v) is 6.60. The number of benzene rings is 1. The van der Waals surface area contributed by atoms with Crippen LogP contribution < -0.4 is 20.1 Å². The van der Waals surface area contributed by atoms with Gasteiger partial charge in [-0.25, -0.2) is 0 Å². The first-order valence-electron chi connectivity index (χ1n) is 6.22. The largest absolute Gasteiger partial charge is 0.454 e. The smallest absolute Gasteiger partial charge is 0.231 e. The molecule has 1 heterocycles. The molecule has 0 saturated heterocycles. The molecule has 5 nitrogen and oxygen atoms in total. The van der Waals surface area contributed by atoms with Gasteiger partial charge in [0.25, 0.3) is 0 Å². The van der Waals surface area contributed by atoms with Crippen molar-refractivity contribution in [3.8, 4) is 11.5 Å². The Morgan fingerprint density at radius 3 is 2.79 bits per heavy atom. The van der Waals surface area contributed by atoms with E-state index in [1.54, 1.807) is 12.1 Å². The topological polar surface area (TPSA) is 59.6 Å². The van der Waals surface area contributed by atoms with Gasteiger partial charge in [-0.1, -0.05) is 25.4 Å². The van der Waals surface area contributed by atoms with Crippen molar-refractivity contribution in [2.75, 3.05) is 25.2 Å². The highest BCUT2D eigenvalue weighted by molar-refractivity contribution is 6.34. The van der Waals surface area contributed by atoms with Crippen LogP contribution in [-0.2, 0) is 4.79 Å². The lowest BCUT2D eigenvalue weighted by molar-refractivity contribution is -0.119. The maximum Gasteiger partial charge on any atom is 0.231 e. The van der Waals surface area contributed by atoms with E-state index in [0.29, 0.717) is 28.8 Å². The van der Waals surface area contributed by atoms with Crippen LogP contribution >= 0.6 is 11.6 Å². The summed E-state index contributed by atoms with van der Waals surface area (Å²) in [6.07, 6.45) is 0. The second kappa shape index (κ2) is 6.12. The van der Waals surface area contributed by atoms with E-state index in [2.05, 4.69) is 10.6 Å². The average molecular weight is 285 g/mol. The second-order valence-electron chi connectivity index (χ2n) is 4.38. The lowest BCUT2D eigenvalue weighted by Gasteiger charge is -2.13. The van der Waals surface area contributed by atoms with Crippen LogP contribution in [0.3, 0.4) is 0 Å². The van der Waals surface area contributed by atoms with Crippen molar-refractivity contribution in [3.63, 3.8) is 0 Å². The summed E-state index contributed by atoms with van der Waals surface area (Å²) in [5, 5.41) is 6.37. The van der Waals surface area contributed by atoms with Gasteiger partial charge in [-0.15, -0.1) is 0 Å². The number of nitrogens with one attached hydrogen (secondary N) is 2. The van der Waals surface area contributed by atoms with E-state index in [1.807, 2.05) is 13.8 Å². The van der Waals surface area contributed by atoms with Crippen LogP contribution in [-0.4, -0.2) is 25.8 Å². The summed E-state index contributed by atoms with van der Waals surface area (Å²) in [4.78, 5) is 12.0. The molecule has 19 heavy (non-hydrogen) atoms. The van der Waals surface area contributed by atoms with Gasteiger partial charge < -0.3 is 20.1 Å². The number of fused-ring (bicyclic) bond motifs is 1. The summed E-state index contributed by atoms with van der Waals surface area (Å²) >= 11 is 6.10. The zero-order chi connectivity index (χ0) is 13.8. The van der Waals surface area contributed by atoms with E-state index in [-0.39, 0.29) is 18.6 Å². The molecule has 0 aromatic heterocycles. The van der Waals surface area contributed by atoms with E-state index in [1.165, 1.54) is 0 Å².